The van der Waals surface area contributed by atoms with Gasteiger partial charge in [0.1, 0.15) is 18.2 Å². The molecule has 4 nitrogen and oxygen atoms in total. The zero-order valence-electron chi connectivity index (χ0n) is 17.0. The van der Waals surface area contributed by atoms with Gasteiger partial charge in [-0.25, -0.2) is 4.39 Å². The number of ether oxygens (including phenoxy) is 1. The number of amides is 2. The fourth-order valence-corrected chi connectivity index (χ4v) is 4.49. The van der Waals surface area contributed by atoms with Crippen LogP contribution in [0.2, 0.25) is 0 Å². The van der Waals surface area contributed by atoms with Gasteiger partial charge in [0, 0.05) is 22.1 Å². The Morgan fingerprint density at radius 1 is 1.00 bits per heavy atom. The summed E-state index contributed by atoms with van der Waals surface area (Å²) in [7, 11) is 0. The highest BCUT2D eigenvalue weighted by Crippen LogP contribution is 2.35. The average molecular weight is 512 g/mol. The first-order valence-corrected chi connectivity index (χ1v) is 11.6. The fourth-order valence-electron chi connectivity index (χ4n) is 3.25. The molecule has 0 unspecified atom stereocenters. The number of carbonyl (C=O) groups is 2. The molecule has 0 saturated carbocycles. The Morgan fingerprint density at radius 2 is 1.75 bits per heavy atom. The van der Waals surface area contributed by atoms with Crippen LogP contribution in [0.5, 0.6) is 5.75 Å². The van der Waals surface area contributed by atoms with Gasteiger partial charge in [0.2, 0.25) is 0 Å². The van der Waals surface area contributed by atoms with Crippen molar-refractivity contribution in [2.24, 2.45) is 0 Å². The number of rotatable bonds is 7. The standard InChI is InChI=1S/C25H19BrFNO3S/c26-20-10-11-22(31-16-18-8-4-5-9-21(18)27)19(14-20)15-23-24(29)28(25(30)32-23)13-12-17-6-2-1-3-7-17/h1-11,14-15H,12-13,16H2/b23-15-. The molecule has 0 aromatic heterocycles. The van der Waals surface area contributed by atoms with E-state index in [1.54, 1.807) is 42.5 Å². The van der Waals surface area contributed by atoms with Crippen LogP contribution in [-0.2, 0) is 17.8 Å². The Labute approximate surface area is 198 Å². The molecule has 2 amide bonds. The molecular weight excluding hydrogens is 493 g/mol. The molecule has 4 rings (SSSR count). The normalized spacial score (nSPS) is 14.9. The van der Waals surface area contributed by atoms with Crippen LogP contribution in [0.25, 0.3) is 6.08 Å². The molecule has 0 aliphatic carbocycles. The molecule has 162 valence electrons. The highest BCUT2D eigenvalue weighted by Gasteiger charge is 2.34. The van der Waals surface area contributed by atoms with Gasteiger partial charge < -0.3 is 4.74 Å². The summed E-state index contributed by atoms with van der Waals surface area (Å²) >= 11 is 4.34. The molecule has 3 aromatic carbocycles. The fraction of sp³-hybridized carbons (Fsp3) is 0.120. The molecule has 0 spiro atoms. The molecule has 1 fully saturated rings. The number of thioether (sulfide) groups is 1. The Hall–Kier alpha value is -2.90. The quantitative estimate of drug-likeness (QED) is 0.342. The molecule has 32 heavy (non-hydrogen) atoms. The zero-order valence-corrected chi connectivity index (χ0v) is 19.4. The maximum atomic E-state index is 13.9. The molecule has 7 heteroatoms. The Balaban J connectivity index is 1.51. The van der Waals surface area contributed by atoms with Crippen LogP contribution >= 0.6 is 27.7 Å². The van der Waals surface area contributed by atoms with E-state index in [-0.39, 0.29) is 23.6 Å². The van der Waals surface area contributed by atoms with Gasteiger partial charge >= 0.3 is 0 Å². The van der Waals surface area contributed by atoms with Crippen LogP contribution in [0.3, 0.4) is 0 Å². The van der Waals surface area contributed by atoms with Gasteiger partial charge in [0.25, 0.3) is 11.1 Å². The van der Waals surface area contributed by atoms with Crippen molar-refractivity contribution < 1.29 is 18.7 Å². The van der Waals surface area contributed by atoms with Crippen molar-refractivity contribution in [3.8, 4) is 5.75 Å². The number of benzene rings is 3. The number of nitrogens with zero attached hydrogens (tertiary/aromatic N) is 1. The monoisotopic (exact) mass is 511 g/mol. The highest BCUT2D eigenvalue weighted by molar-refractivity contribution is 9.10. The van der Waals surface area contributed by atoms with E-state index in [1.165, 1.54) is 11.0 Å². The predicted molar refractivity (Wildman–Crippen MR) is 128 cm³/mol. The third-order valence-electron chi connectivity index (χ3n) is 4.94. The minimum Gasteiger partial charge on any atom is -0.488 e. The lowest BCUT2D eigenvalue weighted by Gasteiger charge is -2.12. The molecule has 0 bridgehead atoms. The van der Waals surface area contributed by atoms with Gasteiger partial charge in [-0.2, -0.15) is 0 Å². The topological polar surface area (TPSA) is 46.6 Å². The van der Waals surface area contributed by atoms with Crippen molar-refractivity contribution >= 4 is 44.9 Å². The molecule has 1 aliphatic heterocycles. The van der Waals surface area contributed by atoms with Gasteiger partial charge in [-0.05, 0) is 54.1 Å². The Morgan fingerprint density at radius 3 is 2.53 bits per heavy atom. The SMILES string of the molecule is O=C1S/C(=C\c2cc(Br)ccc2OCc2ccccc2F)C(=O)N1CCc1ccccc1. The average Bonchev–Trinajstić information content (AvgIpc) is 3.06. The molecular formula is C25H19BrFNO3S. The summed E-state index contributed by atoms with van der Waals surface area (Å²) in [5.74, 6) is -0.172. The zero-order chi connectivity index (χ0) is 22.5. The molecule has 0 atom stereocenters. The molecule has 0 radical (unpaired) electrons. The minimum absolute atomic E-state index is 0.0493. The summed E-state index contributed by atoms with van der Waals surface area (Å²) in [4.78, 5) is 26.9. The maximum absolute atomic E-state index is 13.9. The van der Waals surface area contributed by atoms with E-state index in [2.05, 4.69) is 15.9 Å². The highest BCUT2D eigenvalue weighted by atomic mass is 79.9. The van der Waals surface area contributed by atoms with Crippen molar-refractivity contribution in [3.63, 3.8) is 0 Å². The van der Waals surface area contributed by atoms with Crippen LogP contribution in [0.15, 0.2) is 82.2 Å². The lowest BCUT2D eigenvalue weighted by atomic mass is 10.1. The van der Waals surface area contributed by atoms with E-state index in [0.717, 1.165) is 21.8 Å². The van der Waals surface area contributed by atoms with Crippen LogP contribution in [0.1, 0.15) is 16.7 Å². The van der Waals surface area contributed by atoms with Crippen molar-refractivity contribution in [1.82, 2.24) is 4.90 Å². The number of hydrogen-bond donors (Lipinski definition) is 0. The number of halogens is 2. The molecule has 3 aromatic rings. The van der Waals surface area contributed by atoms with Crippen LogP contribution in [0.4, 0.5) is 9.18 Å². The minimum atomic E-state index is -0.342. The number of carbonyl (C=O) groups excluding carboxylic acids is 2. The van der Waals surface area contributed by atoms with Gasteiger partial charge in [-0.15, -0.1) is 0 Å². The second kappa shape index (κ2) is 10.1. The molecule has 1 heterocycles. The van der Waals surface area contributed by atoms with Crippen LogP contribution in [-0.4, -0.2) is 22.6 Å². The number of hydrogen-bond acceptors (Lipinski definition) is 4. The van der Waals surface area contributed by atoms with Crippen molar-refractivity contribution in [2.45, 2.75) is 13.0 Å². The van der Waals surface area contributed by atoms with Gasteiger partial charge in [0.05, 0.1) is 4.91 Å². The lowest BCUT2D eigenvalue weighted by molar-refractivity contribution is -0.122. The first-order valence-electron chi connectivity index (χ1n) is 9.96. The van der Waals surface area contributed by atoms with E-state index >= 15 is 0 Å². The van der Waals surface area contributed by atoms with E-state index in [1.807, 2.05) is 30.3 Å². The first kappa shape index (κ1) is 22.3. The third kappa shape index (κ3) is 5.29. The first-order chi connectivity index (χ1) is 15.5. The predicted octanol–water partition coefficient (Wildman–Crippen LogP) is 6.45. The molecule has 1 saturated heterocycles. The van der Waals surface area contributed by atoms with Crippen molar-refractivity contribution in [1.29, 1.82) is 0 Å². The van der Waals surface area contributed by atoms with Gasteiger partial charge in [0.15, 0.2) is 0 Å². The summed E-state index contributed by atoms with van der Waals surface area (Å²) in [6, 6.07) is 21.5. The second-order valence-electron chi connectivity index (χ2n) is 7.13. The van der Waals surface area contributed by atoms with E-state index in [4.69, 9.17) is 4.74 Å². The molecule has 0 N–H and O–H groups in total. The van der Waals surface area contributed by atoms with Crippen molar-refractivity contribution in [3.05, 3.63) is 105 Å². The maximum Gasteiger partial charge on any atom is 0.293 e. The van der Waals surface area contributed by atoms with Gasteiger partial charge in [-0.3, -0.25) is 14.5 Å². The summed E-state index contributed by atoms with van der Waals surface area (Å²) in [5, 5.41) is -0.291. The molecule has 1 aliphatic rings. The van der Waals surface area contributed by atoms with E-state index in [9.17, 15) is 14.0 Å². The Bertz CT molecular complexity index is 1180. The second-order valence-corrected chi connectivity index (χ2v) is 9.04. The van der Waals surface area contributed by atoms with Crippen LogP contribution in [0, 0.1) is 5.82 Å². The Kier molecular flexibility index (Phi) is 7.07. The summed E-state index contributed by atoms with van der Waals surface area (Å²) in [6.45, 7) is 0.370. The smallest absolute Gasteiger partial charge is 0.293 e. The summed E-state index contributed by atoms with van der Waals surface area (Å²) < 4.78 is 20.6. The van der Waals surface area contributed by atoms with Crippen molar-refractivity contribution in [2.75, 3.05) is 6.54 Å². The third-order valence-corrected chi connectivity index (χ3v) is 6.34. The lowest BCUT2D eigenvalue weighted by Crippen LogP contribution is -2.30. The summed E-state index contributed by atoms with van der Waals surface area (Å²) in [5.41, 5.74) is 2.12. The number of imide groups is 1. The van der Waals surface area contributed by atoms with Gasteiger partial charge in [-0.1, -0.05) is 64.5 Å². The van der Waals surface area contributed by atoms with E-state index in [0.29, 0.717) is 34.7 Å². The van der Waals surface area contributed by atoms with Crippen LogP contribution < -0.4 is 4.74 Å². The summed E-state index contributed by atoms with van der Waals surface area (Å²) in [6.07, 6.45) is 2.24. The van der Waals surface area contributed by atoms with E-state index < -0.39 is 0 Å². The largest absolute Gasteiger partial charge is 0.488 e.